The Morgan fingerprint density at radius 3 is 2.45 bits per heavy atom. The number of amides is 2. The number of amidine groups is 1. The van der Waals surface area contributed by atoms with E-state index in [1.165, 1.54) is 0 Å². The van der Waals surface area contributed by atoms with E-state index in [1.807, 2.05) is 11.9 Å². The Kier molecular flexibility index (Phi) is 4.25. The van der Waals surface area contributed by atoms with Crippen molar-refractivity contribution in [2.24, 2.45) is 10.4 Å². The summed E-state index contributed by atoms with van der Waals surface area (Å²) < 4.78 is 0. The van der Waals surface area contributed by atoms with E-state index >= 15 is 0 Å². The summed E-state index contributed by atoms with van der Waals surface area (Å²) in [6.07, 6.45) is 0.771. The minimum absolute atomic E-state index is 0.135. The summed E-state index contributed by atoms with van der Waals surface area (Å²) in [5.74, 6) is 0.774. The van der Waals surface area contributed by atoms with Gasteiger partial charge in [0.05, 0.1) is 15.7 Å². The number of halogens is 2. The lowest BCUT2D eigenvalue weighted by Gasteiger charge is -2.15. The minimum Gasteiger partial charge on any atom is -0.362 e. The van der Waals surface area contributed by atoms with Gasteiger partial charge in [-0.15, -0.1) is 0 Å². The van der Waals surface area contributed by atoms with Gasteiger partial charge in [-0.3, -0.25) is 0 Å². The second-order valence-corrected chi connectivity index (χ2v) is 6.57. The number of hydrogen-bond donors (Lipinski definition) is 1. The molecule has 1 aromatic rings. The molecule has 0 radical (unpaired) electrons. The molecule has 1 aromatic carbocycles. The number of rotatable bonds is 1. The first-order valence-corrected chi connectivity index (χ1v) is 7.08. The Balaban J connectivity index is 2.14. The number of nitrogens with zero attached hydrogens (tertiary/aromatic N) is 2. The lowest BCUT2D eigenvalue weighted by atomic mass is 9.93. The van der Waals surface area contributed by atoms with Crippen molar-refractivity contribution in [3.05, 3.63) is 28.2 Å². The summed E-state index contributed by atoms with van der Waals surface area (Å²) in [6.45, 7) is 5.18. The summed E-state index contributed by atoms with van der Waals surface area (Å²) in [7, 11) is 1.93. The van der Waals surface area contributed by atoms with Crippen molar-refractivity contribution in [2.45, 2.75) is 20.3 Å². The fourth-order valence-corrected chi connectivity index (χ4v) is 2.84. The molecule has 0 bridgehead atoms. The van der Waals surface area contributed by atoms with Crippen LogP contribution in [0.5, 0.6) is 0 Å². The standard InChI is InChI=1S/C14H17Cl2N3O/c1-14(2)7-11(19(3)8-14)17-13(20)18-12-9(15)5-4-6-10(12)16/h4-6H,7-8H2,1-3H3,(H,18,20). The lowest BCUT2D eigenvalue weighted by molar-refractivity contribution is 0.259. The number of carbonyl (C=O) groups excluding carboxylic acids is 1. The van der Waals surface area contributed by atoms with Crippen molar-refractivity contribution >= 4 is 40.8 Å². The summed E-state index contributed by atoms with van der Waals surface area (Å²) >= 11 is 12.0. The van der Waals surface area contributed by atoms with E-state index in [0.29, 0.717) is 15.7 Å². The maximum atomic E-state index is 12.0. The highest BCUT2D eigenvalue weighted by atomic mass is 35.5. The van der Waals surface area contributed by atoms with Gasteiger partial charge in [-0.25, -0.2) is 4.79 Å². The lowest BCUT2D eigenvalue weighted by Crippen LogP contribution is -2.23. The number of carbonyl (C=O) groups is 1. The van der Waals surface area contributed by atoms with Gasteiger partial charge < -0.3 is 10.2 Å². The largest absolute Gasteiger partial charge is 0.362 e. The highest BCUT2D eigenvalue weighted by molar-refractivity contribution is 6.39. The molecule has 1 aliphatic heterocycles. The van der Waals surface area contributed by atoms with Crippen LogP contribution in [0.25, 0.3) is 0 Å². The fourth-order valence-electron chi connectivity index (χ4n) is 2.35. The number of nitrogens with one attached hydrogen (secondary N) is 1. The van der Waals surface area contributed by atoms with Crippen LogP contribution in [0.1, 0.15) is 20.3 Å². The van der Waals surface area contributed by atoms with Crippen molar-refractivity contribution in [3.8, 4) is 0 Å². The molecule has 1 saturated heterocycles. The van der Waals surface area contributed by atoms with Gasteiger partial charge in [0.15, 0.2) is 0 Å². The zero-order valence-corrected chi connectivity index (χ0v) is 13.2. The van der Waals surface area contributed by atoms with Crippen LogP contribution in [-0.4, -0.2) is 30.4 Å². The molecule has 1 heterocycles. The predicted octanol–water partition coefficient (Wildman–Crippen LogP) is 4.29. The first-order valence-electron chi connectivity index (χ1n) is 6.32. The third kappa shape index (κ3) is 3.44. The summed E-state index contributed by atoms with van der Waals surface area (Å²) in [5.41, 5.74) is 0.528. The molecule has 1 aliphatic rings. The molecule has 0 aromatic heterocycles. The quantitative estimate of drug-likeness (QED) is 0.840. The van der Waals surface area contributed by atoms with Gasteiger partial charge in [-0.1, -0.05) is 43.1 Å². The van der Waals surface area contributed by atoms with E-state index in [-0.39, 0.29) is 5.41 Å². The predicted molar refractivity (Wildman–Crippen MR) is 83.9 cm³/mol. The highest BCUT2D eigenvalue weighted by Crippen LogP contribution is 2.31. The fraction of sp³-hybridized carbons (Fsp3) is 0.429. The topological polar surface area (TPSA) is 44.7 Å². The average Bonchev–Trinajstić information content (AvgIpc) is 2.57. The van der Waals surface area contributed by atoms with Crippen LogP contribution < -0.4 is 5.32 Å². The summed E-state index contributed by atoms with van der Waals surface area (Å²) in [4.78, 5) is 18.1. The zero-order chi connectivity index (χ0) is 14.9. The molecule has 0 aliphatic carbocycles. The van der Waals surface area contributed by atoms with Crippen LogP contribution in [0, 0.1) is 5.41 Å². The van der Waals surface area contributed by atoms with Gasteiger partial charge in [-0.2, -0.15) is 4.99 Å². The highest BCUT2D eigenvalue weighted by Gasteiger charge is 2.32. The average molecular weight is 314 g/mol. The van der Waals surface area contributed by atoms with E-state index in [1.54, 1.807) is 18.2 Å². The first kappa shape index (κ1) is 15.1. The van der Waals surface area contributed by atoms with E-state index in [2.05, 4.69) is 24.2 Å². The number of para-hydroxylation sites is 1. The maximum Gasteiger partial charge on any atom is 0.347 e. The number of hydrogen-bond acceptors (Lipinski definition) is 1. The SMILES string of the molecule is CN1CC(C)(C)CC1=NC(=O)Nc1c(Cl)cccc1Cl. The number of aliphatic imine (C=N–C) groups is 1. The Hall–Kier alpha value is -1.26. The smallest absolute Gasteiger partial charge is 0.347 e. The van der Waals surface area contributed by atoms with Crippen molar-refractivity contribution in [2.75, 3.05) is 18.9 Å². The molecule has 0 spiro atoms. The molecule has 0 atom stereocenters. The van der Waals surface area contributed by atoms with Gasteiger partial charge >= 0.3 is 6.03 Å². The number of anilines is 1. The van der Waals surface area contributed by atoms with Crippen LogP contribution >= 0.6 is 23.2 Å². The Labute approximate surface area is 128 Å². The third-order valence-corrected chi connectivity index (χ3v) is 3.80. The van der Waals surface area contributed by atoms with Crippen molar-refractivity contribution in [3.63, 3.8) is 0 Å². The maximum absolute atomic E-state index is 12.0. The van der Waals surface area contributed by atoms with E-state index in [9.17, 15) is 4.79 Å². The molecule has 2 rings (SSSR count). The van der Waals surface area contributed by atoms with Gasteiger partial charge in [0.25, 0.3) is 0 Å². The van der Waals surface area contributed by atoms with Crippen LogP contribution in [0.2, 0.25) is 10.0 Å². The van der Waals surface area contributed by atoms with Gasteiger partial charge in [0.2, 0.25) is 0 Å². The van der Waals surface area contributed by atoms with E-state index in [4.69, 9.17) is 23.2 Å². The van der Waals surface area contributed by atoms with Gasteiger partial charge in [0.1, 0.15) is 5.84 Å². The normalized spacial score (nSPS) is 19.4. The molecule has 1 N–H and O–H groups in total. The van der Waals surface area contributed by atoms with Crippen molar-refractivity contribution in [1.29, 1.82) is 0 Å². The molecule has 2 amide bonds. The second-order valence-electron chi connectivity index (χ2n) is 5.75. The molecule has 108 valence electrons. The molecule has 0 unspecified atom stereocenters. The molecule has 20 heavy (non-hydrogen) atoms. The minimum atomic E-state index is -0.459. The number of urea groups is 1. The zero-order valence-electron chi connectivity index (χ0n) is 11.7. The third-order valence-electron chi connectivity index (χ3n) is 3.17. The Morgan fingerprint density at radius 2 is 1.95 bits per heavy atom. The van der Waals surface area contributed by atoms with Crippen LogP contribution in [0.3, 0.4) is 0 Å². The summed E-state index contributed by atoms with van der Waals surface area (Å²) in [5, 5.41) is 3.43. The van der Waals surface area contributed by atoms with Crippen molar-refractivity contribution in [1.82, 2.24) is 4.90 Å². The van der Waals surface area contributed by atoms with Crippen LogP contribution in [0.15, 0.2) is 23.2 Å². The molecule has 4 nitrogen and oxygen atoms in total. The molecule has 0 saturated carbocycles. The summed E-state index contributed by atoms with van der Waals surface area (Å²) in [6, 6.07) is 4.60. The number of benzene rings is 1. The van der Waals surface area contributed by atoms with E-state index < -0.39 is 6.03 Å². The first-order chi connectivity index (χ1) is 9.28. The van der Waals surface area contributed by atoms with Crippen LogP contribution in [0.4, 0.5) is 10.5 Å². The number of likely N-dealkylation sites (tertiary alicyclic amines) is 1. The Morgan fingerprint density at radius 1 is 1.35 bits per heavy atom. The van der Waals surface area contributed by atoms with Gasteiger partial charge in [0, 0.05) is 20.0 Å². The molecular weight excluding hydrogens is 297 g/mol. The second kappa shape index (κ2) is 5.62. The van der Waals surface area contributed by atoms with E-state index in [0.717, 1.165) is 18.8 Å². The van der Waals surface area contributed by atoms with Crippen molar-refractivity contribution < 1.29 is 4.79 Å². The monoisotopic (exact) mass is 313 g/mol. The molecule has 6 heteroatoms. The molecule has 1 fully saturated rings. The van der Waals surface area contributed by atoms with Gasteiger partial charge in [-0.05, 0) is 17.5 Å². The molecular formula is C14H17Cl2N3O. The Bertz CT molecular complexity index is 549. The van der Waals surface area contributed by atoms with Crippen LogP contribution in [-0.2, 0) is 0 Å².